The highest BCUT2D eigenvalue weighted by molar-refractivity contribution is 5.87. The van der Waals surface area contributed by atoms with Crippen LogP contribution in [0, 0.1) is 0 Å². The van der Waals surface area contributed by atoms with Gasteiger partial charge >= 0.3 is 0 Å². The van der Waals surface area contributed by atoms with E-state index in [9.17, 15) is 4.79 Å². The second-order valence-corrected chi connectivity index (χ2v) is 4.62. The summed E-state index contributed by atoms with van der Waals surface area (Å²) in [6.45, 7) is 13.0. The maximum atomic E-state index is 12.1. The van der Waals surface area contributed by atoms with Crippen LogP contribution in [0.15, 0.2) is 0 Å². The smallest absolute Gasteiger partial charge is 0.243 e. The van der Waals surface area contributed by atoms with Gasteiger partial charge in [0.2, 0.25) is 5.91 Å². The SMILES string of the molecule is CCN(CC)CCN1CNC(C)(CC)C1=O. The summed E-state index contributed by atoms with van der Waals surface area (Å²) >= 11 is 0. The fourth-order valence-electron chi connectivity index (χ4n) is 2.03. The number of hydrogen-bond acceptors (Lipinski definition) is 3. The fourth-order valence-corrected chi connectivity index (χ4v) is 2.03. The Hall–Kier alpha value is -0.610. The average Bonchev–Trinajstić information content (AvgIpc) is 2.59. The molecule has 0 aliphatic carbocycles. The molecule has 4 nitrogen and oxygen atoms in total. The highest BCUT2D eigenvalue weighted by Crippen LogP contribution is 2.18. The fraction of sp³-hybridized carbons (Fsp3) is 0.917. The van der Waals surface area contributed by atoms with Crippen LogP contribution in [0.1, 0.15) is 34.1 Å². The van der Waals surface area contributed by atoms with E-state index in [0.717, 1.165) is 32.6 Å². The molecule has 0 spiro atoms. The lowest BCUT2D eigenvalue weighted by molar-refractivity contribution is -0.132. The van der Waals surface area contributed by atoms with Crippen LogP contribution in [-0.4, -0.2) is 54.1 Å². The predicted octanol–water partition coefficient (Wildman–Crippen LogP) is 0.886. The molecule has 1 rings (SSSR count). The largest absolute Gasteiger partial charge is 0.327 e. The van der Waals surface area contributed by atoms with Gasteiger partial charge in [-0.3, -0.25) is 10.1 Å². The van der Waals surface area contributed by atoms with Gasteiger partial charge in [0, 0.05) is 13.1 Å². The number of carbonyl (C=O) groups excluding carboxylic acids is 1. The van der Waals surface area contributed by atoms with Gasteiger partial charge in [-0.2, -0.15) is 0 Å². The minimum absolute atomic E-state index is 0.252. The molecule has 1 fully saturated rings. The van der Waals surface area contributed by atoms with E-state index < -0.39 is 0 Å². The Bertz CT molecular complexity index is 240. The molecule has 4 heteroatoms. The predicted molar refractivity (Wildman–Crippen MR) is 66.2 cm³/mol. The molecule has 0 bridgehead atoms. The van der Waals surface area contributed by atoms with Crippen molar-refractivity contribution in [3.63, 3.8) is 0 Å². The first-order valence-corrected chi connectivity index (χ1v) is 6.34. The molecule has 1 heterocycles. The number of amides is 1. The Labute approximate surface area is 99.0 Å². The van der Waals surface area contributed by atoms with Crippen LogP contribution in [0.4, 0.5) is 0 Å². The van der Waals surface area contributed by atoms with E-state index in [1.807, 2.05) is 11.8 Å². The molecule has 1 aliphatic rings. The Morgan fingerprint density at radius 1 is 1.38 bits per heavy atom. The van der Waals surface area contributed by atoms with Crippen LogP contribution in [-0.2, 0) is 4.79 Å². The van der Waals surface area contributed by atoms with Crippen molar-refractivity contribution < 1.29 is 4.79 Å². The van der Waals surface area contributed by atoms with Crippen molar-refractivity contribution in [2.45, 2.75) is 39.7 Å². The zero-order valence-corrected chi connectivity index (χ0v) is 11.0. The highest BCUT2D eigenvalue weighted by atomic mass is 16.2. The van der Waals surface area contributed by atoms with Crippen molar-refractivity contribution in [3.8, 4) is 0 Å². The highest BCUT2D eigenvalue weighted by Gasteiger charge is 2.40. The van der Waals surface area contributed by atoms with Crippen LogP contribution < -0.4 is 5.32 Å². The zero-order chi connectivity index (χ0) is 12.2. The molecule has 0 radical (unpaired) electrons. The maximum Gasteiger partial charge on any atom is 0.243 e. The normalized spacial score (nSPS) is 25.8. The number of likely N-dealkylation sites (N-methyl/N-ethyl adjacent to an activating group) is 1. The molecule has 1 aliphatic heterocycles. The van der Waals surface area contributed by atoms with Crippen LogP contribution in [0.2, 0.25) is 0 Å². The van der Waals surface area contributed by atoms with Gasteiger partial charge in [0.25, 0.3) is 0 Å². The first kappa shape index (κ1) is 13.5. The molecule has 1 unspecified atom stereocenters. The lowest BCUT2D eigenvalue weighted by Gasteiger charge is -2.24. The summed E-state index contributed by atoms with van der Waals surface area (Å²) in [5, 5.41) is 3.30. The molecule has 1 atom stereocenters. The van der Waals surface area contributed by atoms with E-state index in [-0.39, 0.29) is 11.4 Å². The Morgan fingerprint density at radius 2 is 2.00 bits per heavy atom. The van der Waals surface area contributed by atoms with Gasteiger partial charge in [-0.05, 0) is 26.4 Å². The van der Waals surface area contributed by atoms with Crippen LogP contribution >= 0.6 is 0 Å². The summed E-state index contributed by atoms with van der Waals surface area (Å²) in [5.74, 6) is 0.252. The third-order valence-electron chi connectivity index (χ3n) is 3.71. The number of hydrogen-bond donors (Lipinski definition) is 1. The summed E-state index contributed by atoms with van der Waals surface area (Å²) in [5.41, 5.74) is -0.330. The van der Waals surface area contributed by atoms with Crippen molar-refractivity contribution in [3.05, 3.63) is 0 Å². The summed E-state index contributed by atoms with van der Waals surface area (Å²) < 4.78 is 0. The monoisotopic (exact) mass is 227 g/mol. The van der Waals surface area contributed by atoms with Crippen LogP contribution in [0.25, 0.3) is 0 Å². The van der Waals surface area contributed by atoms with E-state index in [1.54, 1.807) is 0 Å². The van der Waals surface area contributed by atoms with E-state index >= 15 is 0 Å². The van der Waals surface area contributed by atoms with Crippen molar-refractivity contribution >= 4 is 5.91 Å². The summed E-state index contributed by atoms with van der Waals surface area (Å²) in [4.78, 5) is 16.4. The molecule has 1 amide bonds. The number of nitrogens with zero attached hydrogens (tertiary/aromatic N) is 2. The first-order chi connectivity index (χ1) is 7.57. The second kappa shape index (κ2) is 5.64. The van der Waals surface area contributed by atoms with Crippen molar-refractivity contribution in [2.24, 2.45) is 0 Å². The molecular formula is C12H25N3O. The average molecular weight is 227 g/mol. The molecule has 1 N–H and O–H groups in total. The quantitative estimate of drug-likeness (QED) is 0.732. The molecule has 0 aromatic carbocycles. The third kappa shape index (κ3) is 2.74. The summed E-state index contributed by atoms with van der Waals surface area (Å²) in [6.07, 6.45) is 0.855. The Morgan fingerprint density at radius 3 is 2.44 bits per heavy atom. The Balaban J connectivity index is 2.43. The van der Waals surface area contributed by atoms with Gasteiger partial charge in [0.05, 0.1) is 12.2 Å². The van der Waals surface area contributed by atoms with Gasteiger partial charge in [0.15, 0.2) is 0 Å². The number of rotatable bonds is 6. The molecule has 1 saturated heterocycles. The molecule has 94 valence electrons. The maximum absolute atomic E-state index is 12.1. The number of nitrogens with one attached hydrogen (secondary N) is 1. The summed E-state index contributed by atoms with van der Waals surface area (Å²) in [7, 11) is 0. The van der Waals surface area contributed by atoms with E-state index in [4.69, 9.17) is 0 Å². The molecule has 0 saturated carbocycles. The minimum Gasteiger partial charge on any atom is -0.327 e. The Kier molecular flexibility index (Phi) is 4.74. The van der Waals surface area contributed by atoms with Crippen molar-refractivity contribution in [2.75, 3.05) is 32.8 Å². The van der Waals surface area contributed by atoms with E-state index in [2.05, 4.69) is 31.0 Å². The third-order valence-corrected chi connectivity index (χ3v) is 3.71. The molecular weight excluding hydrogens is 202 g/mol. The van der Waals surface area contributed by atoms with Gasteiger partial charge in [-0.25, -0.2) is 0 Å². The van der Waals surface area contributed by atoms with Crippen molar-refractivity contribution in [1.29, 1.82) is 0 Å². The van der Waals surface area contributed by atoms with E-state index in [1.165, 1.54) is 0 Å². The zero-order valence-electron chi connectivity index (χ0n) is 11.0. The lowest BCUT2D eigenvalue weighted by atomic mass is 9.99. The standard InChI is InChI=1S/C12H25N3O/c1-5-12(4)11(16)15(10-13-12)9-8-14(6-2)7-3/h13H,5-10H2,1-4H3. The molecule has 0 aromatic rings. The van der Waals surface area contributed by atoms with Crippen molar-refractivity contribution in [1.82, 2.24) is 15.1 Å². The van der Waals surface area contributed by atoms with Crippen LogP contribution in [0.5, 0.6) is 0 Å². The first-order valence-electron chi connectivity index (χ1n) is 6.34. The number of carbonyl (C=O) groups is 1. The second-order valence-electron chi connectivity index (χ2n) is 4.62. The van der Waals surface area contributed by atoms with Gasteiger partial charge < -0.3 is 9.80 Å². The van der Waals surface area contributed by atoms with E-state index in [0.29, 0.717) is 6.67 Å². The lowest BCUT2D eigenvalue weighted by Crippen LogP contribution is -2.44. The minimum atomic E-state index is -0.330. The van der Waals surface area contributed by atoms with Gasteiger partial charge in [0.1, 0.15) is 0 Å². The molecule has 16 heavy (non-hydrogen) atoms. The van der Waals surface area contributed by atoms with Gasteiger partial charge in [-0.1, -0.05) is 20.8 Å². The van der Waals surface area contributed by atoms with Gasteiger partial charge in [-0.15, -0.1) is 0 Å². The summed E-state index contributed by atoms with van der Waals surface area (Å²) in [6, 6.07) is 0. The van der Waals surface area contributed by atoms with Crippen LogP contribution in [0.3, 0.4) is 0 Å². The molecule has 0 aromatic heterocycles. The topological polar surface area (TPSA) is 35.6 Å².